The van der Waals surface area contributed by atoms with Crippen molar-refractivity contribution in [1.82, 2.24) is 15.1 Å². The van der Waals surface area contributed by atoms with Gasteiger partial charge in [0.2, 0.25) is 5.91 Å². The molecule has 10 heteroatoms. The van der Waals surface area contributed by atoms with Gasteiger partial charge >= 0.3 is 11.5 Å². The van der Waals surface area contributed by atoms with Crippen LogP contribution in [0.1, 0.15) is 36.2 Å². The topological polar surface area (TPSA) is 133 Å². The van der Waals surface area contributed by atoms with Gasteiger partial charge in [0.15, 0.2) is 0 Å². The Labute approximate surface area is 149 Å². The minimum absolute atomic E-state index is 0.0414. The minimum Gasteiger partial charge on any atom is -0.358 e. The van der Waals surface area contributed by atoms with Crippen LogP contribution in [-0.2, 0) is 11.3 Å². The fourth-order valence-corrected chi connectivity index (χ4v) is 2.61. The first kappa shape index (κ1) is 19.0. The fourth-order valence-electron chi connectivity index (χ4n) is 2.61. The van der Waals surface area contributed by atoms with Crippen molar-refractivity contribution in [3.63, 3.8) is 0 Å². The molecule has 10 nitrogen and oxygen atoms in total. The molecular formula is C16H19N5O5. The number of nitrogens with zero attached hydrogens (tertiary/aromatic N) is 4. The number of hydrogen-bond donors (Lipinski definition) is 1. The maximum Gasteiger partial charge on any atom is 0.468 e. The first-order chi connectivity index (χ1) is 12.2. The average Bonchev–Trinajstić information content (AvgIpc) is 2.90. The summed E-state index contributed by atoms with van der Waals surface area (Å²) in [5, 5.41) is 28.4. The number of carbonyl (C=O) groups is 1. The number of nitrogens with one attached hydrogen (secondary N) is 1. The van der Waals surface area contributed by atoms with Gasteiger partial charge in [-0.15, -0.1) is 0 Å². The number of amides is 1. The summed E-state index contributed by atoms with van der Waals surface area (Å²) in [4.78, 5) is 32.5. The molecule has 0 radical (unpaired) electrons. The zero-order valence-electron chi connectivity index (χ0n) is 14.6. The number of carbonyl (C=O) groups excluding carboxylic acids is 1. The third kappa shape index (κ3) is 4.02. The molecule has 1 aromatic carbocycles. The molecule has 2 aromatic rings. The van der Waals surface area contributed by atoms with Crippen LogP contribution in [0.25, 0.3) is 0 Å². The highest BCUT2D eigenvalue weighted by atomic mass is 16.6. The summed E-state index contributed by atoms with van der Waals surface area (Å²) < 4.78 is 0.980. The monoisotopic (exact) mass is 361 g/mol. The number of benzene rings is 1. The van der Waals surface area contributed by atoms with E-state index in [1.165, 1.54) is 6.92 Å². The smallest absolute Gasteiger partial charge is 0.358 e. The molecule has 1 unspecified atom stereocenters. The van der Waals surface area contributed by atoms with E-state index in [1.54, 1.807) is 0 Å². The van der Waals surface area contributed by atoms with Crippen molar-refractivity contribution in [1.29, 1.82) is 0 Å². The molecule has 0 fully saturated rings. The van der Waals surface area contributed by atoms with Crippen molar-refractivity contribution < 1.29 is 14.6 Å². The van der Waals surface area contributed by atoms with Crippen LogP contribution >= 0.6 is 0 Å². The van der Waals surface area contributed by atoms with Crippen molar-refractivity contribution in [2.75, 3.05) is 0 Å². The lowest BCUT2D eigenvalue weighted by Crippen LogP contribution is -2.31. The summed E-state index contributed by atoms with van der Waals surface area (Å²) in [6.07, 6.45) is 0.646. The van der Waals surface area contributed by atoms with E-state index in [1.807, 2.05) is 38.1 Å². The summed E-state index contributed by atoms with van der Waals surface area (Å²) in [6, 6.07) is 7.48. The number of hydrogen-bond acceptors (Lipinski definition) is 6. The second kappa shape index (κ2) is 7.72. The molecule has 1 aromatic heterocycles. The van der Waals surface area contributed by atoms with Crippen LogP contribution in [-0.4, -0.2) is 25.5 Å². The molecule has 0 aliphatic carbocycles. The van der Waals surface area contributed by atoms with Gasteiger partial charge in [0.05, 0.1) is 16.1 Å². The molecule has 1 atom stereocenters. The first-order valence-corrected chi connectivity index (χ1v) is 7.96. The van der Waals surface area contributed by atoms with Crippen molar-refractivity contribution in [2.45, 2.75) is 39.8 Å². The second-order valence-electron chi connectivity index (χ2n) is 5.87. The van der Waals surface area contributed by atoms with E-state index in [2.05, 4.69) is 10.4 Å². The van der Waals surface area contributed by atoms with Gasteiger partial charge in [-0.2, -0.15) is 4.68 Å². The highest BCUT2D eigenvalue weighted by Gasteiger charge is 2.35. The number of aromatic nitrogens is 2. The highest BCUT2D eigenvalue weighted by Crippen LogP contribution is 2.29. The Morgan fingerprint density at radius 1 is 1.19 bits per heavy atom. The molecule has 0 spiro atoms. The van der Waals surface area contributed by atoms with Crippen LogP contribution in [0.3, 0.4) is 0 Å². The van der Waals surface area contributed by atoms with E-state index < -0.39 is 27.3 Å². The Hall–Kier alpha value is -3.30. The van der Waals surface area contributed by atoms with E-state index in [0.29, 0.717) is 6.42 Å². The molecule has 1 heterocycles. The standard InChI is InChI=1S/C16H19N5O5/c1-4-13(12-7-5-10(2)6-8-12)17-14(22)9-19-11(3)15(20(23)24)16(18-19)21(25)26/h5-8,13H,4,9H2,1-3H3,(H,17,22). The molecule has 0 saturated heterocycles. The molecule has 0 aliphatic rings. The Bertz CT molecular complexity index is 843. The number of rotatable bonds is 7. The number of aryl methyl sites for hydroxylation is 1. The van der Waals surface area contributed by atoms with Gasteiger partial charge < -0.3 is 15.4 Å². The van der Waals surface area contributed by atoms with Gasteiger partial charge in [0.25, 0.3) is 0 Å². The SMILES string of the molecule is CCC(NC(=O)Cn1nc([N+](=O)[O-])c([N+](=O)[O-])c1C)c1ccc(C)cc1. The van der Waals surface area contributed by atoms with Crippen LogP contribution in [0.4, 0.5) is 11.5 Å². The molecule has 1 N–H and O–H groups in total. The third-order valence-corrected chi connectivity index (χ3v) is 4.03. The maximum atomic E-state index is 12.3. The van der Waals surface area contributed by atoms with Crippen LogP contribution < -0.4 is 5.32 Å². The van der Waals surface area contributed by atoms with E-state index in [4.69, 9.17) is 0 Å². The fraction of sp³-hybridized carbons (Fsp3) is 0.375. The van der Waals surface area contributed by atoms with E-state index in [-0.39, 0.29) is 18.3 Å². The van der Waals surface area contributed by atoms with Crippen LogP contribution in [0.2, 0.25) is 0 Å². The molecule has 0 bridgehead atoms. The molecule has 2 rings (SSSR count). The Morgan fingerprint density at radius 2 is 1.81 bits per heavy atom. The summed E-state index contributed by atoms with van der Waals surface area (Å²) in [7, 11) is 0. The zero-order chi connectivity index (χ0) is 19.4. The van der Waals surface area contributed by atoms with Gasteiger partial charge in [0, 0.05) is 0 Å². The van der Waals surface area contributed by atoms with Gasteiger partial charge in [-0.05, 0) is 30.8 Å². The molecule has 0 saturated carbocycles. The summed E-state index contributed by atoms with van der Waals surface area (Å²) in [5.74, 6) is -1.31. The van der Waals surface area contributed by atoms with Crippen molar-refractivity contribution >= 4 is 17.4 Å². The quantitative estimate of drug-likeness (QED) is 0.595. The second-order valence-corrected chi connectivity index (χ2v) is 5.87. The largest absolute Gasteiger partial charge is 0.468 e. The van der Waals surface area contributed by atoms with Gasteiger partial charge in [-0.25, -0.2) is 0 Å². The minimum atomic E-state index is -0.930. The molecule has 138 valence electrons. The average molecular weight is 361 g/mol. The third-order valence-electron chi connectivity index (χ3n) is 4.03. The molecule has 26 heavy (non-hydrogen) atoms. The summed E-state index contributed by atoms with van der Waals surface area (Å²) >= 11 is 0. The van der Waals surface area contributed by atoms with E-state index in [9.17, 15) is 25.0 Å². The lowest BCUT2D eigenvalue weighted by Gasteiger charge is -2.17. The molecular weight excluding hydrogens is 342 g/mol. The maximum absolute atomic E-state index is 12.3. The number of nitro groups is 2. The van der Waals surface area contributed by atoms with Crippen LogP contribution in [0, 0.1) is 34.1 Å². The predicted molar refractivity (Wildman–Crippen MR) is 92.6 cm³/mol. The lowest BCUT2D eigenvalue weighted by molar-refractivity contribution is -0.424. The van der Waals surface area contributed by atoms with Gasteiger partial charge in [-0.1, -0.05) is 36.8 Å². The molecule has 0 aliphatic heterocycles. The lowest BCUT2D eigenvalue weighted by atomic mass is 10.0. The van der Waals surface area contributed by atoms with Crippen molar-refractivity contribution in [3.05, 3.63) is 61.3 Å². The molecule has 1 amide bonds. The van der Waals surface area contributed by atoms with Gasteiger partial charge in [0.1, 0.15) is 12.2 Å². The normalized spacial score (nSPS) is 11.8. The highest BCUT2D eigenvalue weighted by molar-refractivity contribution is 5.76. The van der Waals surface area contributed by atoms with E-state index in [0.717, 1.165) is 15.8 Å². The Morgan fingerprint density at radius 3 is 2.27 bits per heavy atom. The van der Waals surface area contributed by atoms with Crippen LogP contribution in [0.15, 0.2) is 24.3 Å². The summed E-state index contributed by atoms with van der Waals surface area (Å²) in [6.45, 7) is 4.86. The van der Waals surface area contributed by atoms with Crippen LogP contribution in [0.5, 0.6) is 0 Å². The van der Waals surface area contributed by atoms with E-state index >= 15 is 0 Å². The Balaban J connectivity index is 2.19. The van der Waals surface area contributed by atoms with Crippen molar-refractivity contribution in [2.24, 2.45) is 0 Å². The zero-order valence-corrected chi connectivity index (χ0v) is 14.6. The Kier molecular flexibility index (Phi) is 5.65. The van der Waals surface area contributed by atoms with Gasteiger partial charge in [-0.3, -0.25) is 14.9 Å². The van der Waals surface area contributed by atoms with Crippen molar-refractivity contribution in [3.8, 4) is 0 Å². The first-order valence-electron chi connectivity index (χ1n) is 7.96. The predicted octanol–water partition coefficient (Wildman–Crippen LogP) is 2.58. The summed E-state index contributed by atoms with van der Waals surface area (Å²) in [5.41, 5.74) is 1.29.